The molecular weight excluding hydrogens is 444 g/mol. The van der Waals surface area contributed by atoms with Gasteiger partial charge in [0.1, 0.15) is 11.0 Å². The standard InChI is InChI=1S/C19H17BrN4O3S/c1-27-15-5-3-2-4-14(15)22-17(25)10-16-18(26)23-19(28-16)24-21-11-12-6-8-13(20)9-7-12/h2-9,11,16H,10H2,1H3,(H,22,25)(H,23,24,26)/b21-11-/t16-/m0/s1. The van der Waals surface area contributed by atoms with Crippen molar-refractivity contribution >= 4 is 56.6 Å². The summed E-state index contributed by atoms with van der Waals surface area (Å²) in [6.07, 6.45) is 1.61. The highest BCUT2D eigenvalue weighted by atomic mass is 79.9. The maximum atomic E-state index is 12.3. The van der Waals surface area contributed by atoms with Crippen LogP contribution in [0.1, 0.15) is 12.0 Å². The van der Waals surface area contributed by atoms with Crippen LogP contribution in [0.15, 0.2) is 63.2 Å². The molecule has 1 saturated heterocycles. The first kappa shape index (κ1) is 20.1. The van der Waals surface area contributed by atoms with Gasteiger partial charge in [0.05, 0.1) is 19.0 Å². The highest BCUT2D eigenvalue weighted by Crippen LogP contribution is 2.26. The normalized spacial score (nSPS) is 17.7. The number of para-hydroxylation sites is 2. The molecule has 1 aliphatic heterocycles. The average molecular weight is 461 g/mol. The number of anilines is 1. The fourth-order valence-electron chi connectivity index (χ4n) is 2.40. The van der Waals surface area contributed by atoms with Crippen LogP contribution in [-0.2, 0) is 9.59 Å². The van der Waals surface area contributed by atoms with Gasteiger partial charge in [-0.2, -0.15) is 5.10 Å². The number of amidine groups is 1. The Balaban J connectivity index is 1.56. The molecule has 28 heavy (non-hydrogen) atoms. The minimum Gasteiger partial charge on any atom is -0.495 e. The Morgan fingerprint density at radius 2 is 2.04 bits per heavy atom. The van der Waals surface area contributed by atoms with Gasteiger partial charge in [-0.05, 0) is 29.8 Å². The third-order valence-electron chi connectivity index (χ3n) is 3.75. The molecule has 0 spiro atoms. The summed E-state index contributed by atoms with van der Waals surface area (Å²) in [5.41, 5.74) is 1.45. The Kier molecular flexibility index (Phi) is 6.83. The van der Waals surface area contributed by atoms with Gasteiger partial charge in [-0.3, -0.25) is 9.59 Å². The van der Waals surface area contributed by atoms with Crippen molar-refractivity contribution in [2.45, 2.75) is 11.7 Å². The predicted molar refractivity (Wildman–Crippen MR) is 115 cm³/mol. The molecule has 0 unspecified atom stereocenters. The molecule has 144 valence electrons. The number of carbonyl (C=O) groups excluding carboxylic acids is 2. The number of nitrogens with one attached hydrogen (secondary N) is 2. The minimum absolute atomic E-state index is 0.0179. The van der Waals surface area contributed by atoms with Crippen LogP contribution in [0.2, 0.25) is 0 Å². The number of methoxy groups -OCH3 is 1. The summed E-state index contributed by atoms with van der Waals surface area (Å²) in [6, 6.07) is 14.7. The molecule has 0 saturated carbocycles. The summed E-state index contributed by atoms with van der Waals surface area (Å²) < 4.78 is 6.18. The molecule has 9 heteroatoms. The molecule has 2 aromatic carbocycles. The molecule has 2 N–H and O–H groups in total. The first-order chi connectivity index (χ1) is 13.5. The van der Waals surface area contributed by atoms with E-state index in [1.165, 1.54) is 18.9 Å². The van der Waals surface area contributed by atoms with Gasteiger partial charge in [-0.1, -0.05) is 52.0 Å². The van der Waals surface area contributed by atoms with E-state index >= 15 is 0 Å². The van der Waals surface area contributed by atoms with Gasteiger partial charge in [0, 0.05) is 10.9 Å². The first-order valence-corrected chi connectivity index (χ1v) is 9.99. The fourth-order valence-corrected chi connectivity index (χ4v) is 3.59. The monoisotopic (exact) mass is 460 g/mol. The van der Waals surface area contributed by atoms with Crippen LogP contribution >= 0.6 is 27.7 Å². The SMILES string of the molecule is COc1ccccc1NC(=O)C[C@@H]1SC(=N/N=C\c2ccc(Br)cc2)NC1=O. The summed E-state index contributed by atoms with van der Waals surface area (Å²) >= 11 is 4.55. The van der Waals surface area contributed by atoms with Crippen LogP contribution in [-0.4, -0.2) is 35.6 Å². The third-order valence-corrected chi connectivity index (χ3v) is 5.35. The summed E-state index contributed by atoms with van der Waals surface area (Å²) in [6.45, 7) is 0. The van der Waals surface area contributed by atoms with E-state index in [4.69, 9.17) is 4.74 Å². The summed E-state index contributed by atoms with van der Waals surface area (Å²) in [5, 5.41) is 13.2. The lowest BCUT2D eigenvalue weighted by Crippen LogP contribution is -2.28. The van der Waals surface area contributed by atoms with Gasteiger partial charge < -0.3 is 15.4 Å². The number of hydrogen-bond donors (Lipinski definition) is 2. The molecule has 1 atom stereocenters. The van der Waals surface area contributed by atoms with Crippen LogP contribution < -0.4 is 15.4 Å². The smallest absolute Gasteiger partial charge is 0.240 e. The first-order valence-electron chi connectivity index (χ1n) is 8.32. The fraction of sp³-hybridized carbons (Fsp3) is 0.158. The molecule has 0 radical (unpaired) electrons. The zero-order valence-corrected chi connectivity index (χ0v) is 17.3. The van der Waals surface area contributed by atoms with E-state index in [1.807, 2.05) is 30.3 Å². The zero-order valence-electron chi connectivity index (χ0n) is 14.9. The third kappa shape index (κ3) is 5.43. The van der Waals surface area contributed by atoms with Gasteiger partial charge in [0.15, 0.2) is 5.17 Å². The van der Waals surface area contributed by atoms with E-state index in [2.05, 4.69) is 36.8 Å². The molecule has 0 bridgehead atoms. The molecule has 1 fully saturated rings. The van der Waals surface area contributed by atoms with Crippen LogP contribution in [0, 0.1) is 0 Å². The van der Waals surface area contributed by atoms with Crippen LogP contribution in [0.25, 0.3) is 0 Å². The van der Waals surface area contributed by atoms with Crippen molar-refractivity contribution in [1.29, 1.82) is 0 Å². The van der Waals surface area contributed by atoms with Crippen LogP contribution in [0.5, 0.6) is 5.75 Å². The number of hydrogen-bond acceptors (Lipinski definition) is 6. The number of ether oxygens (including phenoxy) is 1. The van der Waals surface area contributed by atoms with E-state index in [1.54, 1.807) is 24.4 Å². The average Bonchev–Trinajstić information content (AvgIpc) is 3.03. The Bertz CT molecular complexity index is 931. The van der Waals surface area contributed by atoms with E-state index in [0.29, 0.717) is 16.6 Å². The van der Waals surface area contributed by atoms with E-state index < -0.39 is 5.25 Å². The van der Waals surface area contributed by atoms with E-state index in [-0.39, 0.29) is 18.2 Å². The molecule has 3 rings (SSSR count). The highest BCUT2D eigenvalue weighted by molar-refractivity contribution is 9.10. The zero-order chi connectivity index (χ0) is 19.9. The van der Waals surface area contributed by atoms with Crippen molar-refractivity contribution in [3.05, 3.63) is 58.6 Å². The van der Waals surface area contributed by atoms with Crippen LogP contribution in [0.4, 0.5) is 5.69 Å². The van der Waals surface area contributed by atoms with Crippen molar-refractivity contribution in [2.24, 2.45) is 10.2 Å². The number of rotatable bonds is 6. The van der Waals surface area contributed by atoms with Gasteiger partial charge in [0.2, 0.25) is 11.8 Å². The Morgan fingerprint density at radius 1 is 1.29 bits per heavy atom. The van der Waals surface area contributed by atoms with Crippen molar-refractivity contribution in [1.82, 2.24) is 5.32 Å². The number of nitrogens with zero attached hydrogens (tertiary/aromatic N) is 2. The number of carbonyl (C=O) groups is 2. The predicted octanol–water partition coefficient (Wildman–Crippen LogP) is 3.41. The van der Waals surface area contributed by atoms with Crippen LogP contribution in [0.3, 0.4) is 0 Å². The van der Waals surface area contributed by atoms with Crippen molar-refractivity contribution in [3.8, 4) is 5.75 Å². The number of amides is 2. The second kappa shape index (κ2) is 9.52. The van der Waals surface area contributed by atoms with Gasteiger partial charge in [-0.15, -0.1) is 5.10 Å². The topological polar surface area (TPSA) is 92.2 Å². The maximum Gasteiger partial charge on any atom is 0.240 e. The van der Waals surface area contributed by atoms with Gasteiger partial charge >= 0.3 is 0 Å². The molecule has 2 aromatic rings. The highest BCUT2D eigenvalue weighted by Gasteiger charge is 2.32. The molecule has 0 aromatic heterocycles. The number of halogens is 1. The van der Waals surface area contributed by atoms with Gasteiger partial charge in [-0.25, -0.2) is 0 Å². The quantitative estimate of drug-likeness (QED) is 0.510. The molecule has 2 amide bonds. The molecule has 1 aliphatic rings. The van der Waals surface area contributed by atoms with E-state index in [9.17, 15) is 9.59 Å². The largest absolute Gasteiger partial charge is 0.495 e. The number of thioether (sulfide) groups is 1. The minimum atomic E-state index is -0.559. The van der Waals surface area contributed by atoms with Crippen molar-refractivity contribution < 1.29 is 14.3 Å². The summed E-state index contributed by atoms with van der Waals surface area (Å²) in [7, 11) is 1.53. The van der Waals surface area contributed by atoms with Crippen molar-refractivity contribution in [2.75, 3.05) is 12.4 Å². The second-order valence-corrected chi connectivity index (χ2v) is 7.86. The summed E-state index contributed by atoms with van der Waals surface area (Å²) in [4.78, 5) is 24.4. The Labute approximate surface area is 174 Å². The number of benzene rings is 2. The Hall–Kier alpha value is -2.65. The van der Waals surface area contributed by atoms with E-state index in [0.717, 1.165) is 10.0 Å². The second-order valence-electron chi connectivity index (χ2n) is 5.75. The molecular formula is C19H17BrN4O3S. The Morgan fingerprint density at radius 3 is 2.79 bits per heavy atom. The lowest BCUT2D eigenvalue weighted by Gasteiger charge is -2.10. The lowest BCUT2D eigenvalue weighted by molar-refractivity contribution is -0.122. The lowest BCUT2D eigenvalue weighted by atomic mass is 10.2. The summed E-state index contributed by atoms with van der Waals surface area (Å²) in [5.74, 6) is 0.0124. The molecule has 7 nitrogen and oxygen atoms in total. The van der Waals surface area contributed by atoms with Crippen molar-refractivity contribution in [3.63, 3.8) is 0 Å². The molecule has 1 heterocycles. The maximum absolute atomic E-state index is 12.3. The molecule has 0 aliphatic carbocycles. The van der Waals surface area contributed by atoms with Gasteiger partial charge in [0.25, 0.3) is 0 Å².